The lowest BCUT2D eigenvalue weighted by Gasteiger charge is -2.24. The van der Waals surface area contributed by atoms with Crippen LogP contribution in [-0.2, 0) is 27.4 Å². The maximum atomic E-state index is 14.0. The van der Waals surface area contributed by atoms with Gasteiger partial charge in [0.2, 0.25) is 0 Å². The number of nitrogens with one attached hydrogen (secondary N) is 1. The lowest BCUT2D eigenvalue weighted by atomic mass is 9.96. The summed E-state index contributed by atoms with van der Waals surface area (Å²) in [5, 5.41) is 8.72. The van der Waals surface area contributed by atoms with E-state index in [9.17, 15) is 26.4 Å². The number of alkyl halides is 3. The molecule has 0 amide bonds. The second-order valence-electron chi connectivity index (χ2n) is 9.69. The molecule has 2 aromatic heterocycles. The first-order chi connectivity index (χ1) is 19.0. The van der Waals surface area contributed by atoms with Crippen molar-refractivity contribution >= 4 is 27.6 Å². The van der Waals surface area contributed by atoms with Crippen LogP contribution in [0.2, 0.25) is 0 Å². The van der Waals surface area contributed by atoms with Crippen molar-refractivity contribution in [3.05, 3.63) is 65.7 Å². The molecule has 214 valence electrons. The number of sulfonamides is 1. The van der Waals surface area contributed by atoms with Gasteiger partial charge in [0, 0.05) is 25.1 Å². The Labute approximate surface area is 231 Å². The molecular formula is C28H31F3N4O4S. The fraction of sp³-hybridized carbons (Fsp3) is 0.393. The Hall–Kier alpha value is -3.67. The number of carboxylic acid groups (broad SMARTS) is 1. The van der Waals surface area contributed by atoms with E-state index in [1.54, 1.807) is 30.3 Å². The molecular weight excluding hydrogens is 545 g/mol. The van der Waals surface area contributed by atoms with Crippen molar-refractivity contribution < 1.29 is 31.5 Å². The van der Waals surface area contributed by atoms with Crippen LogP contribution >= 0.6 is 0 Å². The number of aromatic nitrogens is 2. The highest BCUT2D eigenvalue weighted by Gasteiger charge is 2.35. The normalized spacial score (nSPS) is 16.2. The Balaban J connectivity index is 1.76. The van der Waals surface area contributed by atoms with Gasteiger partial charge in [0.1, 0.15) is 11.6 Å². The average Bonchev–Trinajstić information content (AvgIpc) is 2.90. The van der Waals surface area contributed by atoms with Gasteiger partial charge in [0.25, 0.3) is 10.0 Å². The molecule has 2 N–H and O–H groups in total. The molecule has 1 aliphatic rings. The zero-order valence-corrected chi connectivity index (χ0v) is 22.6. The molecule has 0 saturated carbocycles. The third kappa shape index (κ3) is 7.50. The standard InChI is InChI=1S/C28H31F3N4O4S/c29-28(30,31)22-16-17-23-32-27(22)21-12-6-5-11-20(21)10-4-2-1-3-7-18-35(19-9-15-26(36)37)24-13-8-14-25(33-24)40(38,39)34-23/h5-6,8,11-14,16-17H,1-4,7,9-10,15,18-19H2,(H,32,34)(H,36,37). The summed E-state index contributed by atoms with van der Waals surface area (Å²) in [4.78, 5) is 21.4. The van der Waals surface area contributed by atoms with Gasteiger partial charge in [-0.15, -0.1) is 0 Å². The van der Waals surface area contributed by atoms with Crippen molar-refractivity contribution in [1.29, 1.82) is 0 Å². The first-order valence-electron chi connectivity index (χ1n) is 13.2. The molecule has 0 aliphatic carbocycles. The molecule has 0 unspecified atom stereocenters. The van der Waals surface area contributed by atoms with Gasteiger partial charge in [0.15, 0.2) is 5.03 Å². The number of carbonyl (C=O) groups is 1. The van der Waals surface area contributed by atoms with Gasteiger partial charge in [-0.25, -0.2) is 9.97 Å². The van der Waals surface area contributed by atoms with Gasteiger partial charge in [0.05, 0.1) is 11.3 Å². The number of anilines is 2. The van der Waals surface area contributed by atoms with Crippen LogP contribution in [-0.4, -0.2) is 42.6 Å². The molecule has 12 heteroatoms. The van der Waals surface area contributed by atoms with E-state index < -0.39 is 27.7 Å². The van der Waals surface area contributed by atoms with Crippen molar-refractivity contribution in [3.63, 3.8) is 0 Å². The summed E-state index contributed by atoms with van der Waals surface area (Å²) in [6.45, 7) is 0.965. The number of nitrogens with zero attached hydrogens (tertiary/aromatic N) is 3. The van der Waals surface area contributed by atoms with E-state index in [0.717, 1.165) is 44.2 Å². The van der Waals surface area contributed by atoms with Crippen molar-refractivity contribution in [2.45, 2.75) is 62.6 Å². The van der Waals surface area contributed by atoms with Crippen LogP contribution in [0.1, 0.15) is 56.1 Å². The summed E-state index contributed by atoms with van der Waals surface area (Å²) in [7, 11) is -4.31. The minimum atomic E-state index is -4.69. The van der Waals surface area contributed by atoms with Gasteiger partial charge in [-0.05, 0) is 55.5 Å². The molecule has 1 aromatic carbocycles. The second-order valence-corrected chi connectivity index (χ2v) is 11.3. The molecule has 0 saturated heterocycles. The van der Waals surface area contributed by atoms with E-state index in [-0.39, 0.29) is 23.0 Å². The minimum Gasteiger partial charge on any atom is -0.481 e. The van der Waals surface area contributed by atoms with Crippen LogP contribution in [0.15, 0.2) is 59.6 Å². The molecule has 4 bridgehead atoms. The minimum absolute atomic E-state index is 0.0283. The van der Waals surface area contributed by atoms with Gasteiger partial charge in [-0.3, -0.25) is 9.52 Å². The number of aliphatic carboxylic acids is 1. The molecule has 0 radical (unpaired) electrons. The smallest absolute Gasteiger partial charge is 0.418 e. The molecule has 0 fully saturated rings. The SMILES string of the molecule is O=C(O)CCCN1CCCCCCCc2ccccc2-c2nc(ccc2C(F)(F)F)NS(=O)(=O)c2cccc1n2. The molecule has 0 atom stereocenters. The van der Waals surface area contributed by atoms with Crippen molar-refractivity contribution in [3.8, 4) is 11.3 Å². The van der Waals surface area contributed by atoms with Crippen molar-refractivity contribution in [2.24, 2.45) is 0 Å². The number of carboxylic acids is 1. The fourth-order valence-corrected chi connectivity index (χ4v) is 5.71. The van der Waals surface area contributed by atoms with E-state index in [2.05, 4.69) is 14.7 Å². The predicted molar refractivity (Wildman–Crippen MR) is 146 cm³/mol. The number of aryl methyl sites for hydroxylation is 1. The number of hydrogen-bond donors (Lipinski definition) is 2. The number of benzene rings is 1. The average molecular weight is 577 g/mol. The molecule has 40 heavy (non-hydrogen) atoms. The molecule has 8 nitrogen and oxygen atoms in total. The first kappa shape index (κ1) is 29.3. The van der Waals surface area contributed by atoms with E-state index in [1.807, 2.05) is 4.90 Å². The van der Waals surface area contributed by atoms with E-state index in [1.165, 1.54) is 12.1 Å². The summed E-state index contributed by atoms with van der Waals surface area (Å²) in [6, 6.07) is 13.1. The van der Waals surface area contributed by atoms with Gasteiger partial charge >= 0.3 is 12.1 Å². The maximum Gasteiger partial charge on any atom is 0.418 e. The summed E-state index contributed by atoms with van der Waals surface area (Å²) in [6.07, 6.45) is 0.464. The Morgan fingerprint density at radius 1 is 0.950 bits per heavy atom. The van der Waals surface area contributed by atoms with Crippen molar-refractivity contribution in [2.75, 3.05) is 22.7 Å². The fourth-order valence-electron chi connectivity index (χ4n) is 4.75. The summed E-state index contributed by atoms with van der Waals surface area (Å²) in [5.41, 5.74) is -0.264. The third-order valence-corrected chi connectivity index (χ3v) is 7.97. The monoisotopic (exact) mass is 576 g/mol. The zero-order chi connectivity index (χ0) is 28.8. The summed E-state index contributed by atoms with van der Waals surface area (Å²) >= 11 is 0. The second kappa shape index (κ2) is 12.7. The molecule has 1 aliphatic heterocycles. The Morgan fingerprint density at radius 3 is 2.48 bits per heavy atom. The largest absolute Gasteiger partial charge is 0.481 e. The number of rotatable bonds is 4. The Bertz CT molecular complexity index is 1450. The Kier molecular flexibility index (Phi) is 9.28. The van der Waals surface area contributed by atoms with Crippen LogP contribution in [0.5, 0.6) is 0 Å². The van der Waals surface area contributed by atoms with Crippen LogP contribution in [0, 0.1) is 0 Å². The Morgan fingerprint density at radius 2 is 1.70 bits per heavy atom. The maximum absolute atomic E-state index is 14.0. The van der Waals surface area contributed by atoms with Crippen LogP contribution in [0.4, 0.5) is 24.8 Å². The summed E-state index contributed by atoms with van der Waals surface area (Å²) in [5.74, 6) is -0.798. The lowest BCUT2D eigenvalue weighted by molar-refractivity contribution is -0.138. The summed E-state index contributed by atoms with van der Waals surface area (Å²) < 4.78 is 70.8. The van der Waals surface area contributed by atoms with Crippen LogP contribution in [0.25, 0.3) is 11.3 Å². The molecule has 0 spiro atoms. The van der Waals surface area contributed by atoms with E-state index in [0.29, 0.717) is 42.9 Å². The van der Waals surface area contributed by atoms with Crippen LogP contribution < -0.4 is 9.62 Å². The van der Waals surface area contributed by atoms with Gasteiger partial charge in [-0.1, -0.05) is 49.6 Å². The van der Waals surface area contributed by atoms with Crippen molar-refractivity contribution in [1.82, 2.24) is 9.97 Å². The lowest BCUT2D eigenvalue weighted by Crippen LogP contribution is -2.28. The quantitative estimate of drug-likeness (QED) is 0.384. The van der Waals surface area contributed by atoms with Gasteiger partial charge in [-0.2, -0.15) is 21.6 Å². The van der Waals surface area contributed by atoms with Gasteiger partial charge < -0.3 is 10.0 Å². The number of halogens is 3. The van der Waals surface area contributed by atoms with E-state index in [4.69, 9.17) is 5.11 Å². The highest BCUT2D eigenvalue weighted by atomic mass is 32.2. The topological polar surface area (TPSA) is 112 Å². The number of pyridine rings is 2. The highest BCUT2D eigenvalue weighted by molar-refractivity contribution is 7.92. The number of hydrogen-bond acceptors (Lipinski definition) is 6. The molecule has 3 aromatic rings. The highest BCUT2D eigenvalue weighted by Crippen LogP contribution is 2.38. The predicted octanol–water partition coefficient (Wildman–Crippen LogP) is 6.14. The molecule has 3 heterocycles. The zero-order valence-electron chi connectivity index (χ0n) is 21.8. The third-order valence-electron chi connectivity index (χ3n) is 6.71. The first-order valence-corrected chi connectivity index (χ1v) is 14.7. The number of fused-ring (bicyclic) bond motifs is 6. The van der Waals surface area contributed by atoms with Crippen LogP contribution in [0.3, 0.4) is 0 Å². The molecule has 4 rings (SSSR count). The van der Waals surface area contributed by atoms with E-state index >= 15 is 0 Å².